The fraction of sp³-hybridized carbons (Fsp3) is 0.600. The van der Waals surface area contributed by atoms with Crippen LogP contribution in [0, 0.1) is 18.6 Å². The van der Waals surface area contributed by atoms with Crippen molar-refractivity contribution in [2.24, 2.45) is 0 Å². The summed E-state index contributed by atoms with van der Waals surface area (Å²) in [6.45, 7) is 1.80. The molecule has 0 unspecified atom stereocenters. The van der Waals surface area contributed by atoms with Crippen molar-refractivity contribution in [3.63, 3.8) is 0 Å². The molecule has 1 aliphatic rings. The fourth-order valence-corrected chi connectivity index (χ4v) is 2.60. The first-order valence-electron chi connectivity index (χ1n) is 6.92. The number of hydrogen-bond acceptors (Lipinski definition) is 2. The molecule has 0 bridgehead atoms. The number of halogens is 2. The minimum Gasteiger partial charge on any atom is -0.388 e. The molecule has 0 aliphatic heterocycles. The van der Waals surface area contributed by atoms with Gasteiger partial charge in [0.05, 0.1) is 11.3 Å². The monoisotopic (exact) mass is 269 g/mol. The van der Waals surface area contributed by atoms with Crippen molar-refractivity contribution < 1.29 is 13.9 Å². The molecule has 0 heterocycles. The number of hydrogen-bond donors (Lipinski definition) is 2. The van der Waals surface area contributed by atoms with E-state index >= 15 is 0 Å². The first kappa shape index (κ1) is 14.3. The van der Waals surface area contributed by atoms with Gasteiger partial charge in [0.25, 0.3) is 0 Å². The standard InChI is InChI=1S/C15H21F2NO/c1-11-8-13(17)14(9-12(11)16)18-10-15(19)6-4-2-3-5-7-15/h8-9,18-19H,2-7,10H2,1H3. The van der Waals surface area contributed by atoms with Crippen molar-refractivity contribution in [1.29, 1.82) is 0 Å². The average Bonchev–Trinajstić information content (AvgIpc) is 2.58. The van der Waals surface area contributed by atoms with Crippen LogP contribution in [0.5, 0.6) is 0 Å². The highest BCUT2D eigenvalue weighted by molar-refractivity contribution is 5.47. The summed E-state index contributed by atoms with van der Waals surface area (Å²) in [7, 11) is 0. The number of benzene rings is 1. The highest BCUT2D eigenvalue weighted by atomic mass is 19.1. The topological polar surface area (TPSA) is 32.3 Å². The van der Waals surface area contributed by atoms with E-state index in [4.69, 9.17) is 0 Å². The predicted octanol–water partition coefficient (Wildman–Crippen LogP) is 3.77. The molecule has 106 valence electrons. The second-order valence-electron chi connectivity index (χ2n) is 5.57. The molecule has 1 aromatic rings. The molecule has 2 nitrogen and oxygen atoms in total. The molecule has 1 aromatic carbocycles. The number of rotatable bonds is 3. The number of nitrogens with one attached hydrogen (secondary N) is 1. The van der Waals surface area contributed by atoms with Gasteiger partial charge in [-0.2, -0.15) is 0 Å². The summed E-state index contributed by atoms with van der Waals surface area (Å²) in [6, 6.07) is 2.33. The third-order valence-electron chi connectivity index (χ3n) is 3.89. The highest BCUT2D eigenvalue weighted by Gasteiger charge is 2.27. The number of aryl methyl sites for hydroxylation is 1. The van der Waals surface area contributed by atoms with Gasteiger partial charge in [-0.05, 0) is 31.4 Å². The summed E-state index contributed by atoms with van der Waals surface area (Å²) >= 11 is 0. The van der Waals surface area contributed by atoms with Crippen LogP contribution in [0.25, 0.3) is 0 Å². The van der Waals surface area contributed by atoms with E-state index < -0.39 is 17.2 Å². The molecular formula is C15H21F2NO. The Balaban J connectivity index is 2.03. The molecule has 1 saturated carbocycles. The molecule has 2 N–H and O–H groups in total. The Kier molecular flexibility index (Phi) is 4.40. The van der Waals surface area contributed by atoms with Gasteiger partial charge < -0.3 is 10.4 Å². The largest absolute Gasteiger partial charge is 0.388 e. The Morgan fingerprint density at radius 2 is 1.74 bits per heavy atom. The lowest BCUT2D eigenvalue weighted by Gasteiger charge is -2.27. The summed E-state index contributed by atoms with van der Waals surface area (Å²) in [5.41, 5.74) is -0.387. The average molecular weight is 269 g/mol. The maximum Gasteiger partial charge on any atom is 0.146 e. The van der Waals surface area contributed by atoms with Gasteiger partial charge in [0, 0.05) is 12.6 Å². The zero-order chi connectivity index (χ0) is 13.9. The van der Waals surface area contributed by atoms with Crippen molar-refractivity contribution in [2.45, 2.75) is 51.0 Å². The second-order valence-corrected chi connectivity index (χ2v) is 5.57. The molecule has 0 radical (unpaired) electrons. The van der Waals surface area contributed by atoms with E-state index in [1.54, 1.807) is 0 Å². The van der Waals surface area contributed by atoms with Crippen molar-refractivity contribution in [3.05, 3.63) is 29.3 Å². The van der Waals surface area contributed by atoms with E-state index in [0.29, 0.717) is 0 Å². The molecule has 1 fully saturated rings. The van der Waals surface area contributed by atoms with Crippen LogP contribution in [0.1, 0.15) is 44.1 Å². The van der Waals surface area contributed by atoms with Crippen LogP contribution >= 0.6 is 0 Å². The van der Waals surface area contributed by atoms with Gasteiger partial charge in [-0.25, -0.2) is 8.78 Å². The maximum atomic E-state index is 13.7. The molecule has 0 atom stereocenters. The van der Waals surface area contributed by atoms with Crippen LogP contribution in [-0.4, -0.2) is 17.3 Å². The van der Waals surface area contributed by atoms with Gasteiger partial charge in [-0.1, -0.05) is 25.7 Å². The van der Waals surface area contributed by atoms with Gasteiger partial charge >= 0.3 is 0 Å². The highest BCUT2D eigenvalue weighted by Crippen LogP contribution is 2.28. The van der Waals surface area contributed by atoms with Crippen LogP contribution < -0.4 is 5.32 Å². The lowest BCUT2D eigenvalue weighted by atomic mass is 9.94. The summed E-state index contributed by atoms with van der Waals surface area (Å²) in [4.78, 5) is 0. The molecule has 4 heteroatoms. The van der Waals surface area contributed by atoms with Crippen molar-refractivity contribution in [3.8, 4) is 0 Å². The molecule has 2 rings (SSSR count). The van der Waals surface area contributed by atoms with E-state index in [0.717, 1.165) is 44.6 Å². The van der Waals surface area contributed by atoms with Crippen molar-refractivity contribution in [2.75, 3.05) is 11.9 Å². The second kappa shape index (κ2) is 5.87. The molecule has 0 spiro atoms. The van der Waals surface area contributed by atoms with Gasteiger partial charge in [0.15, 0.2) is 0 Å². The quantitative estimate of drug-likeness (QED) is 0.819. The maximum absolute atomic E-state index is 13.7. The zero-order valence-electron chi connectivity index (χ0n) is 11.3. The Bertz CT molecular complexity index is 440. The Labute approximate surface area is 112 Å². The van der Waals surface area contributed by atoms with Gasteiger partial charge in [-0.15, -0.1) is 0 Å². The van der Waals surface area contributed by atoms with Crippen LogP contribution in [0.3, 0.4) is 0 Å². The number of aliphatic hydroxyl groups is 1. The van der Waals surface area contributed by atoms with Gasteiger partial charge in [0.1, 0.15) is 11.6 Å². The Morgan fingerprint density at radius 3 is 2.37 bits per heavy atom. The predicted molar refractivity (Wildman–Crippen MR) is 72.2 cm³/mol. The molecule has 0 amide bonds. The molecule has 0 aromatic heterocycles. The minimum atomic E-state index is -0.801. The van der Waals surface area contributed by atoms with Crippen molar-refractivity contribution >= 4 is 5.69 Å². The Morgan fingerprint density at radius 1 is 1.11 bits per heavy atom. The summed E-state index contributed by atoms with van der Waals surface area (Å²) in [6.07, 6.45) is 5.68. The van der Waals surface area contributed by atoms with Crippen LogP contribution in [0.15, 0.2) is 12.1 Å². The molecular weight excluding hydrogens is 248 g/mol. The van der Waals surface area contributed by atoms with E-state index in [2.05, 4.69) is 5.32 Å². The lowest BCUT2D eigenvalue weighted by molar-refractivity contribution is 0.0381. The lowest BCUT2D eigenvalue weighted by Crippen LogP contribution is -2.36. The normalized spacial score (nSPS) is 18.9. The van der Waals surface area contributed by atoms with Gasteiger partial charge in [0.2, 0.25) is 0 Å². The smallest absolute Gasteiger partial charge is 0.146 e. The van der Waals surface area contributed by atoms with E-state index in [1.807, 2.05) is 0 Å². The minimum absolute atomic E-state index is 0.126. The van der Waals surface area contributed by atoms with E-state index in [1.165, 1.54) is 13.0 Å². The molecule has 19 heavy (non-hydrogen) atoms. The third-order valence-corrected chi connectivity index (χ3v) is 3.89. The van der Waals surface area contributed by atoms with Crippen LogP contribution in [-0.2, 0) is 0 Å². The van der Waals surface area contributed by atoms with E-state index in [9.17, 15) is 13.9 Å². The Hall–Kier alpha value is -1.16. The van der Waals surface area contributed by atoms with Crippen LogP contribution in [0.2, 0.25) is 0 Å². The first-order valence-corrected chi connectivity index (χ1v) is 6.92. The van der Waals surface area contributed by atoms with Crippen molar-refractivity contribution in [1.82, 2.24) is 0 Å². The SMILES string of the molecule is Cc1cc(F)c(NCC2(O)CCCCCC2)cc1F. The van der Waals surface area contributed by atoms with E-state index in [-0.39, 0.29) is 17.8 Å². The summed E-state index contributed by atoms with van der Waals surface area (Å²) < 4.78 is 27.1. The molecule has 0 saturated heterocycles. The third kappa shape index (κ3) is 3.66. The summed E-state index contributed by atoms with van der Waals surface area (Å²) in [5, 5.41) is 13.3. The first-order chi connectivity index (χ1) is 9.00. The summed E-state index contributed by atoms with van der Waals surface area (Å²) in [5.74, 6) is -0.909. The van der Waals surface area contributed by atoms with Crippen LogP contribution in [0.4, 0.5) is 14.5 Å². The molecule has 1 aliphatic carbocycles. The van der Waals surface area contributed by atoms with Gasteiger partial charge in [-0.3, -0.25) is 0 Å². The number of anilines is 1. The fourth-order valence-electron chi connectivity index (χ4n) is 2.60. The zero-order valence-corrected chi connectivity index (χ0v) is 11.3.